The van der Waals surface area contributed by atoms with Gasteiger partial charge in [0, 0.05) is 22.5 Å². The molecule has 1 aliphatic heterocycles. The lowest BCUT2D eigenvalue weighted by Crippen LogP contribution is -2.29. The Balaban J connectivity index is 1.81. The molecule has 1 aromatic carbocycles. The predicted octanol–water partition coefficient (Wildman–Crippen LogP) is 2.74. The van der Waals surface area contributed by atoms with Crippen LogP contribution in [0.15, 0.2) is 29.0 Å². The molecule has 19 heavy (non-hydrogen) atoms. The van der Waals surface area contributed by atoms with Gasteiger partial charge in [-0.1, -0.05) is 15.9 Å². The highest BCUT2D eigenvalue weighted by Crippen LogP contribution is 2.35. The number of aromatic nitrogens is 3. The van der Waals surface area contributed by atoms with Crippen LogP contribution in [-0.2, 0) is 0 Å². The Labute approximate surface area is 119 Å². The first-order chi connectivity index (χ1) is 9.24. The minimum atomic E-state index is 0.123. The van der Waals surface area contributed by atoms with Crippen molar-refractivity contribution >= 4 is 15.9 Å². The van der Waals surface area contributed by atoms with Crippen LogP contribution in [0, 0.1) is 0 Å². The van der Waals surface area contributed by atoms with Gasteiger partial charge in [0.1, 0.15) is 17.9 Å². The van der Waals surface area contributed by atoms with E-state index >= 15 is 0 Å². The summed E-state index contributed by atoms with van der Waals surface area (Å²) in [5, 5.41) is 10.4. The van der Waals surface area contributed by atoms with Crippen LogP contribution in [0.25, 0.3) is 0 Å². The average molecular weight is 323 g/mol. The molecule has 5 nitrogen and oxygen atoms in total. The predicted molar refractivity (Wildman–Crippen MR) is 74.9 cm³/mol. The zero-order valence-corrected chi connectivity index (χ0v) is 12.1. The number of H-pyrrole nitrogens is 1. The largest absolute Gasteiger partial charge is 0.493 e. The first kappa shape index (κ1) is 12.6. The first-order valence-electron chi connectivity index (χ1n) is 6.27. The van der Waals surface area contributed by atoms with Gasteiger partial charge in [-0.25, -0.2) is 4.98 Å². The van der Waals surface area contributed by atoms with Crippen molar-refractivity contribution < 1.29 is 4.74 Å². The summed E-state index contributed by atoms with van der Waals surface area (Å²) in [6.07, 6.45) is 2.48. The van der Waals surface area contributed by atoms with Gasteiger partial charge in [-0.05, 0) is 25.1 Å². The lowest BCUT2D eigenvalue weighted by molar-refractivity contribution is 0.245. The molecular weight excluding hydrogens is 308 g/mol. The fourth-order valence-electron chi connectivity index (χ4n) is 2.34. The summed E-state index contributed by atoms with van der Waals surface area (Å²) in [4.78, 5) is 4.19. The number of halogens is 1. The monoisotopic (exact) mass is 322 g/mol. The van der Waals surface area contributed by atoms with Crippen LogP contribution in [0.2, 0.25) is 0 Å². The van der Waals surface area contributed by atoms with E-state index in [0.717, 1.165) is 29.1 Å². The number of nitrogens with zero attached hydrogens (tertiary/aromatic N) is 2. The fourth-order valence-corrected chi connectivity index (χ4v) is 2.72. The SMILES string of the molecule is CC(NC1CCOc2ccc(Br)cc21)c1ncn[nH]1. The summed E-state index contributed by atoms with van der Waals surface area (Å²) >= 11 is 3.51. The summed E-state index contributed by atoms with van der Waals surface area (Å²) in [6, 6.07) is 6.51. The molecule has 2 N–H and O–H groups in total. The van der Waals surface area contributed by atoms with E-state index in [-0.39, 0.29) is 12.1 Å². The molecule has 0 fully saturated rings. The van der Waals surface area contributed by atoms with E-state index in [1.165, 1.54) is 11.9 Å². The van der Waals surface area contributed by atoms with E-state index in [1.807, 2.05) is 12.1 Å². The van der Waals surface area contributed by atoms with Gasteiger partial charge in [-0.3, -0.25) is 5.10 Å². The zero-order valence-electron chi connectivity index (χ0n) is 10.6. The molecule has 100 valence electrons. The van der Waals surface area contributed by atoms with E-state index in [2.05, 4.69) is 49.4 Å². The maximum Gasteiger partial charge on any atom is 0.141 e. The standard InChI is InChI=1S/C13H15BrN4O/c1-8(13-15-7-16-18-13)17-11-4-5-19-12-3-2-9(14)6-10(11)12/h2-3,6-8,11,17H,4-5H2,1H3,(H,15,16,18). The number of hydrogen-bond acceptors (Lipinski definition) is 4. The first-order valence-corrected chi connectivity index (χ1v) is 7.07. The van der Waals surface area contributed by atoms with Crippen LogP contribution in [0.4, 0.5) is 0 Å². The number of nitrogens with one attached hydrogen (secondary N) is 2. The molecule has 0 amide bonds. The molecule has 1 aromatic heterocycles. The molecule has 2 heterocycles. The Morgan fingerprint density at radius 1 is 1.53 bits per heavy atom. The summed E-state index contributed by atoms with van der Waals surface area (Å²) in [7, 11) is 0. The topological polar surface area (TPSA) is 62.8 Å². The Kier molecular flexibility index (Phi) is 3.52. The van der Waals surface area contributed by atoms with E-state index in [0.29, 0.717) is 0 Å². The minimum absolute atomic E-state index is 0.123. The summed E-state index contributed by atoms with van der Waals surface area (Å²) in [6.45, 7) is 2.81. The van der Waals surface area contributed by atoms with Crippen LogP contribution in [0.1, 0.15) is 36.8 Å². The van der Waals surface area contributed by atoms with Gasteiger partial charge in [-0.2, -0.15) is 5.10 Å². The molecule has 2 atom stereocenters. The lowest BCUT2D eigenvalue weighted by Gasteiger charge is -2.29. The summed E-state index contributed by atoms with van der Waals surface area (Å²) in [5.74, 6) is 1.81. The van der Waals surface area contributed by atoms with Gasteiger partial charge in [-0.15, -0.1) is 0 Å². The van der Waals surface area contributed by atoms with Crippen LogP contribution in [0.5, 0.6) is 5.75 Å². The van der Waals surface area contributed by atoms with E-state index < -0.39 is 0 Å². The molecule has 0 aliphatic carbocycles. The molecule has 0 saturated heterocycles. The van der Waals surface area contributed by atoms with Crippen LogP contribution in [0.3, 0.4) is 0 Å². The van der Waals surface area contributed by atoms with Gasteiger partial charge in [0.15, 0.2) is 0 Å². The molecule has 2 unspecified atom stereocenters. The number of rotatable bonds is 3. The third-order valence-corrected chi connectivity index (χ3v) is 3.80. The van der Waals surface area contributed by atoms with Gasteiger partial charge < -0.3 is 10.1 Å². The molecule has 6 heteroatoms. The van der Waals surface area contributed by atoms with Crippen LogP contribution >= 0.6 is 15.9 Å². The quantitative estimate of drug-likeness (QED) is 0.912. The van der Waals surface area contributed by atoms with Crippen LogP contribution < -0.4 is 10.1 Å². The van der Waals surface area contributed by atoms with E-state index in [9.17, 15) is 0 Å². The molecule has 2 aromatic rings. The minimum Gasteiger partial charge on any atom is -0.493 e. The Morgan fingerprint density at radius 2 is 2.42 bits per heavy atom. The molecular formula is C13H15BrN4O. The van der Waals surface area contributed by atoms with Crippen LogP contribution in [-0.4, -0.2) is 21.8 Å². The normalized spacial score (nSPS) is 19.6. The average Bonchev–Trinajstić information content (AvgIpc) is 2.93. The number of aromatic amines is 1. The maximum atomic E-state index is 5.68. The Hall–Kier alpha value is -1.40. The fraction of sp³-hybridized carbons (Fsp3) is 0.385. The Bertz CT molecular complexity index is 558. The summed E-state index contributed by atoms with van der Waals surface area (Å²) in [5.41, 5.74) is 1.19. The van der Waals surface area contributed by atoms with Crippen molar-refractivity contribution in [1.29, 1.82) is 0 Å². The van der Waals surface area contributed by atoms with Crippen molar-refractivity contribution in [2.75, 3.05) is 6.61 Å². The highest BCUT2D eigenvalue weighted by molar-refractivity contribution is 9.10. The molecule has 0 bridgehead atoms. The zero-order chi connectivity index (χ0) is 13.2. The molecule has 0 spiro atoms. The van der Waals surface area contributed by atoms with E-state index in [1.54, 1.807) is 0 Å². The summed E-state index contributed by atoms with van der Waals surface area (Å²) < 4.78 is 6.75. The number of benzene rings is 1. The molecule has 0 saturated carbocycles. The highest BCUT2D eigenvalue weighted by atomic mass is 79.9. The van der Waals surface area contributed by atoms with E-state index in [4.69, 9.17) is 4.74 Å². The third-order valence-electron chi connectivity index (χ3n) is 3.31. The lowest BCUT2D eigenvalue weighted by atomic mass is 10.00. The van der Waals surface area contributed by atoms with Gasteiger partial charge >= 0.3 is 0 Å². The molecule has 3 rings (SSSR count). The van der Waals surface area contributed by atoms with Crippen molar-refractivity contribution in [2.45, 2.75) is 25.4 Å². The van der Waals surface area contributed by atoms with Crippen molar-refractivity contribution in [3.05, 3.63) is 40.4 Å². The van der Waals surface area contributed by atoms with Crippen molar-refractivity contribution in [3.63, 3.8) is 0 Å². The van der Waals surface area contributed by atoms with Crippen molar-refractivity contribution in [2.24, 2.45) is 0 Å². The van der Waals surface area contributed by atoms with Gasteiger partial charge in [0.05, 0.1) is 12.6 Å². The molecule has 1 aliphatic rings. The number of ether oxygens (including phenoxy) is 1. The van der Waals surface area contributed by atoms with Crippen molar-refractivity contribution in [3.8, 4) is 5.75 Å². The third kappa shape index (κ3) is 2.64. The highest BCUT2D eigenvalue weighted by Gasteiger charge is 2.24. The molecule has 0 radical (unpaired) electrons. The number of hydrogen-bond donors (Lipinski definition) is 2. The maximum absolute atomic E-state index is 5.68. The van der Waals surface area contributed by atoms with Crippen molar-refractivity contribution in [1.82, 2.24) is 20.5 Å². The van der Waals surface area contributed by atoms with Gasteiger partial charge in [0.2, 0.25) is 0 Å². The smallest absolute Gasteiger partial charge is 0.141 e. The second kappa shape index (κ2) is 5.30. The second-order valence-electron chi connectivity index (χ2n) is 4.63. The number of fused-ring (bicyclic) bond motifs is 1. The van der Waals surface area contributed by atoms with Gasteiger partial charge in [0.25, 0.3) is 0 Å². The second-order valence-corrected chi connectivity index (χ2v) is 5.55. The Morgan fingerprint density at radius 3 is 3.21 bits per heavy atom.